The van der Waals surface area contributed by atoms with Crippen LogP contribution in [0.3, 0.4) is 0 Å². The van der Waals surface area contributed by atoms with Crippen LogP contribution in [0.2, 0.25) is 0 Å². The van der Waals surface area contributed by atoms with E-state index in [1.807, 2.05) is 11.0 Å². The number of hydrogen-bond acceptors (Lipinski definition) is 9. The Balaban J connectivity index is 1.84. The summed E-state index contributed by atoms with van der Waals surface area (Å²) in [6, 6.07) is 1.72. The quantitative estimate of drug-likeness (QED) is 0.738. The van der Waals surface area contributed by atoms with Crippen molar-refractivity contribution in [2.75, 3.05) is 37.5 Å². The van der Waals surface area contributed by atoms with Gasteiger partial charge in [-0.05, 0) is 12.1 Å². The predicted octanol–water partition coefficient (Wildman–Crippen LogP) is 0.483. The fraction of sp³-hybridized carbons (Fsp3) is 0.294. The maximum absolute atomic E-state index is 11.6. The van der Waals surface area contributed by atoms with Gasteiger partial charge in [-0.25, -0.2) is 23.5 Å². The molecule has 146 valence electrons. The van der Waals surface area contributed by atoms with Gasteiger partial charge in [-0.3, -0.25) is 4.99 Å². The minimum absolute atomic E-state index is 0.224. The van der Waals surface area contributed by atoms with Crippen LogP contribution in [0.5, 0.6) is 5.88 Å². The molecule has 10 nitrogen and oxygen atoms in total. The number of rotatable bonds is 5. The zero-order valence-electron chi connectivity index (χ0n) is 15.4. The number of anilines is 2. The fourth-order valence-electron chi connectivity index (χ4n) is 3.29. The lowest BCUT2D eigenvalue weighted by Gasteiger charge is -2.27. The van der Waals surface area contributed by atoms with Crippen molar-refractivity contribution in [1.29, 1.82) is 0 Å². The molecule has 2 aromatic heterocycles. The average Bonchev–Trinajstić information content (AvgIpc) is 3.16. The number of nitrogens with two attached hydrogens (primary N) is 1. The third-order valence-electron chi connectivity index (χ3n) is 4.44. The van der Waals surface area contributed by atoms with Crippen molar-refractivity contribution in [2.24, 2.45) is 10.1 Å². The lowest BCUT2D eigenvalue weighted by Crippen LogP contribution is -2.32. The Morgan fingerprint density at radius 1 is 1.32 bits per heavy atom. The first-order valence-electron chi connectivity index (χ1n) is 8.52. The molecular formula is C17H19N7O3S. The predicted molar refractivity (Wildman–Crippen MR) is 107 cm³/mol. The highest BCUT2D eigenvalue weighted by Gasteiger charge is 2.31. The molecule has 4 heterocycles. The minimum Gasteiger partial charge on any atom is -0.481 e. The van der Waals surface area contributed by atoms with Crippen LogP contribution in [0.15, 0.2) is 23.5 Å². The molecule has 0 fully saturated rings. The smallest absolute Gasteiger partial charge is 0.224 e. The number of primary sulfonamides is 1. The van der Waals surface area contributed by atoms with E-state index in [0.717, 1.165) is 22.8 Å². The second kappa shape index (κ2) is 6.84. The standard InChI is InChI=1S/C17H19N7O3S/c1-19-17-22-8-11-6-13(15-20-3-4-24(15)14(11)23-17)10-5-12(9-28(18,25)26)16(27-2)21-7-10/h5-8H,3-4,9H2,1-2H3,(H2,18,25,26)(H,19,22,23). The van der Waals surface area contributed by atoms with Gasteiger partial charge < -0.3 is 15.0 Å². The van der Waals surface area contributed by atoms with Crippen molar-refractivity contribution in [3.8, 4) is 5.88 Å². The average molecular weight is 401 g/mol. The Morgan fingerprint density at radius 2 is 2.14 bits per heavy atom. The number of amidine groups is 1. The molecule has 0 amide bonds. The van der Waals surface area contributed by atoms with E-state index in [2.05, 4.69) is 25.3 Å². The first kappa shape index (κ1) is 18.3. The number of nitrogens with one attached hydrogen (secondary N) is 1. The molecule has 0 bridgehead atoms. The van der Waals surface area contributed by atoms with Crippen molar-refractivity contribution in [3.05, 3.63) is 35.2 Å². The van der Waals surface area contributed by atoms with Crippen molar-refractivity contribution in [3.63, 3.8) is 0 Å². The number of methoxy groups -OCH3 is 1. The molecule has 0 saturated carbocycles. The highest BCUT2D eigenvalue weighted by atomic mass is 32.2. The number of hydrogen-bond donors (Lipinski definition) is 2. The van der Waals surface area contributed by atoms with Gasteiger partial charge in [-0.15, -0.1) is 0 Å². The van der Waals surface area contributed by atoms with Crippen LogP contribution in [0, 0.1) is 0 Å². The fourth-order valence-corrected chi connectivity index (χ4v) is 3.93. The Kier molecular flexibility index (Phi) is 4.47. The Morgan fingerprint density at radius 3 is 2.86 bits per heavy atom. The number of nitrogens with zero attached hydrogens (tertiary/aromatic N) is 5. The highest BCUT2D eigenvalue weighted by molar-refractivity contribution is 7.88. The van der Waals surface area contributed by atoms with Gasteiger partial charge in [0.05, 0.1) is 19.4 Å². The zero-order valence-corrected chi connectivity index (χ0v) is 16.2. The maximum Gasteiger partial charge on any atom is 0.224 e. The summed E-state index contributed by atoms with van der Waals surface area (Å²) in [5.74, 6) is 1.93. The van der Waals surface area contributed by atoms with E-state index >= 15 is 0 Å². The molecule has 28 heavy (non-hydrogen) atoms. The van der Waals surface area contributed by atoms with Crippen molar-refractivity contribution >= 4 is 39.3 Å². The topological polar surface area (TPSA) is 136 Å². The molecule has 0 aromatic carbocycles. The number of sulfonamides is 1. The van der Waals surface area contributed by atoms with Crippen molar-refractivity contribution < 1.29 is 13.2 Å². The monoisotopic (exact) mass is 401 g/mol. The number of ether oxygens (including phenoxy) is 1. The molecule has 3 N–H and O–H groups in total. The molecule has 2 aliphatic heterocycles. The number of fused-ring (bicyclic) bond motifs is 3. The summed E-state index contributed by atoms with van der Waals surface area (Å²) >= 11 is 0. The molecule has 0 unspecified atom stereocenters. The van der Waals surface area contributed by atoms with E-state index < -0.39 is 10.0 Å². The highest BCUT2D eigenvalue weighted by Crippen LogP contribution is 2.35. The molecule has 0 aliphatic carbocycles. The summed E-state index contributed by atoms with van der Waals surface area (Å²) in [5, 5.41) is 8.16. The number of aliphatic imine (C=N–C) groups is 1. The van der Waals surface area contributed by atoms with Gasteiger partial charge in [0.1, 0.15) is 11.7 Å². The van der Waals surface area contributed by atoms with E-state index in [0.29, 0.717) is 30.2 Å². The maximum atomic E-state index is 11.6. The second-order valence-electron chi connectivity index (χ2n) is 6.34. The molecule has 0 atom stereocenters. The van der Waals surface area contributed by atoms with Gasteiger partial charge in [-0.2, -0.15) is 4.98 Å². The van der Waals surface area contributed by atoms with Crippen LogP contribution in [0.4, 0.5) is 11.8 Å². The van der Waals surface area contributed by atoms with Crippen LogP contribution in [-0.2, 0) is 15.8 Å². The SMILES string of the molecule is CNc1ncc2c(n1)N1CCN=C1C(c1cnc(OC)c(CS(N)(=O)=O)c1)=C2. The molecule has 0 radical (unpaired) electrons. The van der Waals surface area contributed by atoms with Crippen molar-refractivity contribution in [2.45, 2.75) is 5.75 Å². The number of pyridine rings is 1. The summed E-state index contributed by atoms with van der Waals surface area (Å²) in [6.07, 6.45) is 5.30. The Bertz CT molecular complexity index is 1110. The Hall–Kier alpha value is -3.05. The van der Waals surface area contributed by atoms with Gasteiger partial charge in [0.25, 0.3) is 0 Å². The summed E-state index contributed by atoms with van der Waals surface area (Å²) in [5.41, 5.74) is 2.77. The minimum atomic E-state index is -3.74. The van der Waals surface area contributed by atoms with E-state index in [4.69, 9.17) is 9.88 Å². The Labute approximate surface area is 162 Å². The largest absolute Gasteiger partial charge is 0.481 e. The second-order valence-corrected chi connectivity index (χ2v) is 7.95. The number of aromatic nitrogens is 3. The van der Waals surface area contributed by atoms with Gasteiger partial charge in [0, 0.05) is 48.2 Å². The van der Waals surface area contributed by atoms with Crippen molar-refractivity contribution in [1.82, 2.24) is 15.0 Å². The molecule has 2 aromatic rings. The van der Waals surface area contributed by atoms with E-state index in [-0.39, 0.29) is 11.6 Å². The van der Waals surface area contributed by atoms with E-state index in [1.165, 1.54) is 7.11 Å². The summed E-state index contributed by atoms with van der Waals surface area (Å²) in [7, 11) is -0.539. The first-order valence-corrected chi connectivity index (χ1v) is 10.2. The van der Waals surface area contributed by atoms with Crippen LogP contribution in [-0.4, -0.2) is 56.5 Å². The molecule has 0 spiro atoms. The van der Waals surface area contributed by atoms with E-state index in [9.17, 15) is 8.42 Å². The lowest BCUT2D eigenvalue weighted by molar-refractivity contribution is 0.394. The molecule has 2 aliphatic rings. The van der Waals surface area contributed by atoms with Crippen LogP contribution >= 0.6 is 0 Å². The van der Waals surface area contributed by atoms with Crippen LogP contribution in [0.25, 0.3) is 11.6 Å². The zero-order chi connectivity index (χ0) is 19.9. The van der Waals surface area contributed by atoms with Gasteiger partial charge >= 0.3 is 0 Å². The van der Waals surface area contributed by atoms with Crippen LogP contribution < -0.4 is 20.1 Å². The summed E-state index contributed by atoms with van der Waals surface area (Å²) < 4.78 is 28.4. The summed E-state index contributed by atoms with van der Waals surface area (Å²) in [6.45, 7) is 1.34. The normalized spacial score (nSPS) is 15.5. The molecule has 11 heteroatoms. The third-order valence-corrected chi connectivity index (χ3v) is 5.16. The lowest BCUT2D eigenvalue weighted by atomic mass is 9.99. The molecule has 0 saturated heterocycles. The summed E-state index contributed by atoms with van der Waals surface area (Å²) in [4.78, 5) is 19.7. The van der Waals surface area contributed by atoms with Crippen LogP contribution in [0.1, 0.15) is 16.7 Å². The van der Waals surface area contributed by atoms with Gasteiger partial charge in [0.2, 0.25) is 21.9 Å². The molecular weight excluding hydrogens is 382 g/mol. The van der Waals surface area contributed by atoms with Gasteiger partial charge in [-0.1, -0.05) is 0 Å². The molecule has 4 rings (SSSR count). The van der Waals surface area contributed by atoms with Gasteiger partial charge in [0.15, 0.2) is 0 Å². The van der Waals surface area contributed by atoms with E-state index in [1.54, 1.807) is 25.5 Å². The third kappa shape index (κ3) is 3.29. The first-order chi connectivity index (χ1) is 13.4.